The number of sulfonamides is 1. The summed E-state index contributed by atoms with van der Waals surface area (Å²) < 4.78 is 82.6. The Labute approximate surface area is 220 Å². The monoisotopic (exact) mass is 563 g/mol. The lowest BCUT2D eigenvalue weighted by Crippen LogP contribution is -2.30. The van der Waals surface area contributed by atoms with Gasteiger partial charge in [0.15, 0.2) is 0 Å². The molecule has 0 saturated carbocycles. The van der Waals surface area contributed by atoms with Crippen LogP contribution in [-0.4, -0.2) is 64.1 Å². The lowest BCUT2D eigenvalue weighted by atomic mass is 10.0. The van der Waals surface area contributed by atoms with E-state index in [4.69, 9.17) is 0 Å². The highest BCUT2D eigenvalue weighted by Gasteiger charge is 2.31. The number of benzene rings is 2. The number of para-hydroxylation sites is 1. The quantitative estimate of drug-likeness (QED) is 0.491. The van der Waals surface area contributed by atoms with Crippen molar-refractivity contribution in [2.45, 2.75) is 29.1 Å². The van der Waals surface area contributed by atoms with Gasteiger partial charge < -0.3 is 10.2 Å². The van der Waals surface area contributed by atoms with Gasteiger partial charge in [0.1, 0.15) is 23.0 Å². The van der Waals surface area contributed by atoms with Crippen LogP contribution >= 0.6 is 0 Å². The SMILES string of the molecule is CN(C)S(=O)(=O)c1ccc(S(=O)(=O)n2nc(C3=CCN(c4c(F)cccc4F)CC3)c3c2CCCN3)cc1. The van der Waals surface area contributed by atoms with Crippen molar-refractivity contribution in [1.82, 2.24) is 13.5 Å². The first-order valence-corrected chi connectivity index (χ1v) is 14.9. The molecule has 3 heterocycles. The number of hydrogen-bond donors (Lipinski definition) is 1. The molecule has 0 radical (unpaired) electrons. The Morgan fingerprint density at radius 2 is 1.61 bits per heavy atom. The summed E-state index contributed by atoms with van der Waals surface area (Å²) in [6, 6.07) is 8.79. The van der Waals surface area contributed by atoms with Crippen LogP contribution in [0.1, 0.15) is 24.2 Å². The Morgan fingerprint density at radius 1 is 0.947 bits per heavy atom. The predicted molar refractivity (Wildman–Crippen MR) is 140 cm³/mol. The molecule has 1 aromatic heterocycles. The van der Waals surface area contributed by atoms with E-state index in [0.29, 0.717) is 49.4 Å². The van der Waals surface area contributed by atoms with Crippen molar-refractivity contribution < 1.29 is 25.6 Å². The Balaban J connectivity index is 1.50. The van der Waals surface area contributed by atoms with Crippen LogP contribution in [0, 0.1) is 11.6 Å². The molecule has 5 rings (SSSR count). The summed E-state index contributed by atoms with van der Waals surface area (Å²) in [7, 11) is -5.04. The number of fused-ring (bicyclic) bond motifs is 1. The van der Waals surface area contributed by atoms with Gasteiger partial charge in [0.25, 0.3) is 10.0 Å². The van der Waals surface area contributed by atoms with E-state index < -0.39 is 31.7 Å². The first kappa shape index (κ1) is 26.3. The lowest BCUT2D eigenvalue weighted by Gasteiger charge is -2.29. The highest BCUT2D eigenvalue weighted by molar-refractivity contribution is 7.90. The topological polar surface area (TPSA) is 105 Å². The van der Waals surface area contributed by atoms with E-state index in [9.17, 15) is 25.6 Å². The first-order valence-electron chi connectivity index (χ1n) is 12.0. The minimum Gasteiger partial charge on any atom is -0.382 e. The van der Waals surface area contributed by atoms with Crippen LogP contribution in [0.2, 0.25) is 0 Å². The molecule has 0 saturated heterocycles. The number of anilines is 2. The van der Waals surface area contributed by atoms with Crippen LogP contribution in [0.3, 0.4) is 0 Å². The molecule has 9 nitrogen and oxygen atoms in total. The second kappa shape index (κ2) is 9.79. The molecule has 1 N–H and O–H groups in total. The predicted octanol–water partition coefficient (Wildman–Crippen LogP) is 3.30. The summed E-state index contributed by atoms with van der Waals surface area (Å²) in [5, 5.41) is 7.77. The fourth-order valence-electron chi connectivity index (χ4n) is 4.71. The Hall–Kier alpha value is -3.29. The average Bonchev–Trinajstić information content (AvgIpc) is 3.30. The molecule has 13 heteroatoms. The zero-order chi connectivity index (χ0) is 27.2. The molecule has 0 aliphatic carbocycles. The summed E-state index contributed by atoms with van der Waals surface area (Å²) in [6.45, 7) is 1.23. The van der Waals surface area contributed by atoms with Gasteiger partial charge in [0, 0.05) is 33.7 Å². The molecular weight excluding hydrogens is 536 g/mol. The van der Waals surface area contributed by atoms with Gasteiger partial charge in [-0.1, -0.05) is 12.1 Å². The largest absolute Gasteiger partial charge is 0.382 e. The van der Waals surface area contributed by atoms with Crippen molar-refractivity contribution in [3.63, 3.8) is 0 Å². The third-order valence-corrected chi connectivity index (χ3v) is 10.2. The fourth-order valence-corrected chi connectivity index (χ4v) is 6.95. The second-order valence-electron chi connectivity index (χ2n) is 9.30. The normalized spacial score (nSPS) is 16.2. The van der Waals surface area contributed by atoms with Gasteiger partial charge in [-0.15, -0.1) is 0 Å². The van der Waals surface area contributed by atoms with Crippen molar-refractivity contribution in [1.29, 1.82) is 0 Å². The van der Waals surface area contributed by atoms with Gasteiger partial charge >= 0.3 is 0 Å². The van der Waals surface area contributed by atoms with Crippen LogP contribution in [0.5, 0.6) is 0 Å². The second-order valence-corrected chi connectivity index (χ2v) is 13.2. The minimum absolute atomic E-state index is 0.0190. The minimum atomic E-state index is -4.13. The summed E-state index contributed by atoms with van der Waals surface area (Å²) in [6.07, 6.45) is 3.43. The number of halogens is 2. The number of hydrogen-bond acceptors (Lipinski definition) is 7. The zero-order valence-corrected chi connectivity index (χ0v) is 22.5. The average molecular weight is 564 g/mol. The summed E-state index contributed by atoms with van der Waals surface area (Å²) in [5.74, 6) is -1.28. The van der Waals surface area contributed by atoms with Gasteiger partial charge in [0.05, 0.1) is 21.2 Å². The van der Waals surface area contributed by atoms with E-state index in [1.807, 2.05) is 6.08 Å². The van der Waals surface area contributed by atoms with Crippen LogP contribution in [-0.2, 0) is 26.5 Å². The molecular formula is C25H27F2N5O4S2. The van der Waals surface area contributed by atoms with Crippen LogP contribution in [0.15, 0.2) is 58.3 Å². The van der Waals surface area contributed by atoms with Crippen molar-refractivity contribution in [3.8, 4) is 0 Å². The molecule has 2 aliphatic rings. The molecule has 0 amide bonds. The van der Waals surface area contributed by atoms with Crippen LogP contribution < -0.4 is 10.2 Å². The molecule has 2 aliphatic heterocycles. The Kier molecular flexibility index (Phi) is 6.78. The summed E-state index contributed by atoms with van der Waals surface area (Å²) >= 11 is 0. The molecule has 202 valence electrons. The van der Waals surface area contributed by atoms with E-state index in [1.54, 1.807) is 4.90 Å². The van der Waals surface area contributed by atoms with Crippen molar-refractivity contribution in [2.24, 2.45) is 0 Å². The highest BCUT2D eigenvalue weighted by Crippen LogP contribution is 2.36. The highest BCUT2D eigenvalue weighted by atomic mass is 32.2. The molecule has 0 spiro atoms. The van der Waals surface area contributed by atoms with Crippen LogP contribution in [0.25, 0.3) is 5.57 Å². The maximum atomic E-state index is 14.3. The molecule has 0 fully saturated rings. The van der Waals surface area contributed by atoms with E-state index in [1.165, 1.54) is 56.6 Å². The summed E-state index contributed by atoms with van der Waals surface area (Å²) in [5.41, 5.74) is 2.33. The van der Waals surface area contributed by atoms with Crippen molar-refractivity contribution >= 4 is 37.0 Å². The Bertz CT molecular complexity index is 1610. The molecule has 3 aromatic rings. The lowest BCUT2D eigenvalue weighted by molar-refractivity contribution is 0.520. The zero-order valence-electron chi connectivity index (χ0n) is 20.9. The number of rotatable bonds is 6. The van der Waals surface area contributed by atoms with Gasteiger partial charge in [-0.25, -0.2) is 21.5 Å². The summed E-state index contributed by atoms with van der Waals surface area (Å²) in [4.78, 5) is 1.50. The van der Waals surface area contributed by atoms with Gasteiger partial charge in [-0.05, 0) is 61.2 Å². The van der Waals surface area contributed by atoms with Crippen molar-refractivity contribution in [2.75, 3.05) is 43.9 Å². The van der Waals surface area contributed by atoms with Gasteiger partial charge in [0.2, 0.25) is 10.0 Å². The Morgan fingerprint density at radius 3 is 2.21 bits per heavy atom. The van der Waals surface area contributed by atoms with Gasteiger partial charge in [-0.3, -0.25) is 0 Å². The molecule has 0 atom stereocenters. The number of nitrogens with one attached hydrogen (secondary N) is 1. The standard InChI is InChI=1S/C25H27F2N5O4S2/c1-30(2)37(33,34)18-8-10-19(11-9-18)38(35,36)32-22-7-4-14-28-24(22)23(29-32)17-12-15-31(16-13-17)25-20(26)5-3-6-21(25)27/h3,5-6,8-12,28H,4,7,13-16H2,1-2H3. The molecule has 38 heavy (non-hydrogen) atoms. The van der Waals surface area contributed by atoms with E-state index in [2.05, 4.69) is 10.4 Å². The van der Waals surface area contributed by atoms with E-state index in [0.717, 1.165) is 14.0 Å². The third-order valence-electron chi connectivity index (χ3n) is 6.73. The van der Waals surface area contributed by atoms with E-state index in [-0.39, 0.29) is 22.0 Å². The molecule has 0 unspecified atom stereocenters. The maximum Gasteiger partial charge on any atom is 0.283 e. The van der Waals surface area contributed by atoms with E-state index >= 15 is 0 Å². The number of aromatic nitrogens is 2. The van der Waals surface area contributed by atoms with Crippen LogP contribution in [0.4, 0.5) is 20.2 Å². The van der Waals surface area contributed by atoms with Crippen molar-refractivity contribution in [3.05, 3.63) is 71.6 Å². The number of nitrogens with zero attached hydrogens (tertiary/aromatic N) is 4. The van der Waals surface area contributed by atoms with Gasteiger partial charge in [-0.2, -0.15) is 17.6 Å². The fraction of sp³-hybridized carbons (Fsp3) is 0.320. The maximum absolute atomic E-state index is 14.3. The third kappa shape index (κ3) is 4.48. The smallest absolute Gasteiger partial charge is 0.283 e. The molecule has 2 aromatic carbocycles. The first-order chi connectivity index (χ1) is 18.0. The molecule has 0 bridgehead atoms.